The molecule has 2 aliphatic rings. The molecule has 2 rings (SSSR count). The molecule has 0 N–H and O–H groups in total. The van der Waals surface area contributed by atoms with Gasteiger partial charge in [0, 0.05) is 16.5 Å². The maximum atomic E-state index is 11.7. The van der Waals surface area contributed by atoms with Gasteiger partial charge in [0.2, 0.25) is 0 Å². The molecule has 0 saturated carbocycles. The van der Waals surface area contributed by atoms with Gasteiger partial charge in [0.15, 0.2) is 6.10 Å². The van der Waals surface area contributed by atoms with Crippen molar-refractivity contribution in [1.29, 1.82) is 0 Å². The van der Waals surface area contributed by atoms with Crippen LogP contribution in [0, 0.1) is 0 Å². The summed E-state index contributed by atoms with van der Waals surface area (Å²) in [6.45, 7) is 15.2. The molecule has 3 atom stereocenters. The van der Waals surface area contributed by atoms with Crippen LogP contribution in [0.3, 0.4) is 0 Å². The van der Waals surface area contributed by atoms with Crippen LogP contribution in [0.25, 0.3) is 0 Å². The van der Waals surface area contributed by atoms with Crippen molar-refractivity contribution in [2.75, 3.05) is 6.61 Å². The van der Waals surface area contributed by atoms with E-state index in [0.29, 0.717) is 13.0 Å². The summed E-state index contributed by atoms with van der Waals surface area (Å²) in [7, 11) is -2.60. The minimum Gasteiger partial charge on any atom is -0.493 e. The molecule has 0 bridgehead atoms. The van der Waals surface area contributed by atoms with E-state index in [9.17, 15) is 4.79 Å². The van der Waals surface area contributed by atoms with E-state index < -0.39 is 14.7 Å². The Morgan fingerprint density at radius 3 is 2.35 bits per heavy atom. The van der Waals surface area contributed by atoms with Crippen molar-refractivity contribution in [3.05, 3.63) is 12.3 Å². The smallest absolute Gasteiger partial charge is 0.349 e. The first kappa shape index (κ1) is 18.5. The van der Waals surface area contributed by atoms with E-state index in [0.717, 1.165) is 0 Å². The summed E-state index contributed by atoms with van der Waals surface area (Å²) in [6.07, 6.45) is 2.74. The number of ether oxygens (including phenoxy) is 2. The summed E-state index contributed by atoms with van der Waals surface area (Å²) in [5.41, 5.74) is 0. The molecule has 6 heteroatoms. The molecule has 1 fully saturated rings. The summed E-state index contributed by atoms with van der Waals surface area (Å²) in [4.78, 5) is 11.7. The predicted octanol–water partition coefficient (Wildman–Crippen LogP) is 3.68. The molecular weight excluding hydrogens is 312 g/mol. The topological polar surface area (TPSA) is 54.0 Å². The number of rotatable bonds is 2. The molecule has 0 aliphatic carbocycles. The van der Waals surface area contributed by atoms with Crippen LogP contribution < -0.4 is 0 Å². The number of carbonyl (C=O) groups excluding carboxylic acids is 1. The highest BCUT2D eigenvalue weighted by Gasteiger charge is 2.63. The number of carbonyl (C=O) groups is 1. The summed E-state index contributed by atoms with van der Waals surface area (Å²) in [5, 5.41) is -0.229. The average molecular weight is 343 g/mol. The highest BCUT2D eigenvalue weighted by atomic mass is 28.4. The minimum atomic E-state index is -2.60. The van der Waals surface area contributed by atoms with Crippen molar-refractivity contribution in [1.82, 2.24) is 0 Å². The lowest BCUT2D eigenvalue weighted by Crippen LogP contribution is -2.67. The zero-order chi connectivity index (χ0) is 17.5. The molecule has 0 radical (unpaired) electrons. The zero-order valence-corrected chi connectivity index (χ0v) is 16.3. The quantitative estimate of drug-likeness (QED) is 0.566. The van der Waals surface area contributed by atoms with E-state index in [2.05, 4.69) is 41.5 Å². The van der Waals surface area contributed by atoms with Crippen molar-refractivity contribution in [2.45, 2.75) is 83.3 Å². The predicted molar refractivity (Wildman–Crippen MR) is 90.2 cm³/mol. The van der Waals surface area contributed by atoms with E-state index in [4.69, 9.17) is 18.3 Å². The van der Waals surface area contributed by atoms with Crippen LogP contribution in [0.5, 0.6) is 0 Å². The Bertz CT molecular complexity index is 460. The largest absolute Gasteiger partial charge is 0.493 e. The Balaban J connectivity index is 2.32. The first-order valence-electron chi connectivity index (χ1n) is 8.35. The van der Waals surface area contributed by atoms with Gasteiger partial charge >= 0.3 is 14.5 Å². The first-order chi connectivity index (χ1) is 10.5. The van der Waals surface area contributed by atoms with E-state index in [-0.39, 0.29) is 28.3 Å². The first-order valence-corrected chi connectivity index (χ1v) is 10.2. The molecule has 0 aromatic heterocycles. The minimum absolute atomic E-state index is 0.114. The van der Waals surface area contributed by atoms with Crippen LogP contribution in [0.1, 0.15) is 54.9 Å². The summed E-state index contributed by atoms with van der Waals surface area (Å²) >= 11 is 0. The van der Waals surface area contributed by atoms with Crippen molar-refractivity contribution in [3.63, 3.8) is 0 Å². The summed E-state index contributed by atoms with van der Waals surface area (Å²) in [6, 6.07) is 0. The molecule has 2 aliphatic heterocycles. The standard InChI is InChI=1S/C17H30O5Si/c1-8-14(18)21-12-9-10-19-13-11-20-23(16(2,3)4,17(5,6)7)22-15(12)13/h9-10,12-13,15H,8,11H2,1-7H3/t12-,13-,15-/m1/s1. The van der Waals surface area contributed by atoms with Gasteiger partial charge in [-0.2, -0.15) is 0 Å². The second-order valence-corrected chi connectivity index (χ2v) is 13.1. The fourth-order valence-corrected chi connectivity index (χ4v) is 8.54. The third-order valence-electron chi connectivity index (χ3n) is 4.50. The summed E-state index contributed by atoms with van der Waals surface area (Å²) < 4.78 is 24.2. The third-order valence-corrected chi connectivity index (χ3v) is 9.62. The average Bonchev–Trinajstić information content (AvgIpc) is 2.44. The van der Waals surface area contributed by atoms with Gasteiger partial charge in [-0.3, -0.25) is 4.79 Å². The fourth-order valence-electron chi connectivity index (χ4n) is 3.58. The van der Waals surface area contributed by atoms with Gasteiger partial charge in [-0.15, -0.1) is 0 Å². The molecule has 0 aromatic rings. The van der Waals surface area contributed by atoms with Crippen LogP contribution in [0.4, 0.5) is 0 Å². The Labute approximate surface area is 140 Å². The van der Waals surface area contributed by atoms with E-state index in [1.54, 1.807) is 19.3 Å². The fraction of sp³-hybridized carbons (Fsp3) is 0.824. The number of esters is 1. The van der Waals surface area contributed by atoms with Gasteiger partial charge in [0.05, 0.1) is 12.9 Å². The van der Waals surface area contributed by atoms with E-state index in [1.807, 2.05) is 0 Å². The number of hydrogen-bond donors (Lipinski definition) is 0. The maximum Gasteiger partial charge on any atom is 0.349 e. The second kappa shape index (κ2) is 6.22. The van der Waals surface area contributed by atoms with Crippen LogP contribution in [0.2, 0.25) is 10.1 Å². The van der Waals surface area contributed by atoms with Gasteiger partial charge in [0.1, 0.15) is 12.2 Å². The van der Waals surface area contributed by atoms with Crippen LogP contribution in [0.15, 0.2) is 12.3 Å². The van der Waals surface area contributed by atoms with Crippen molar-refractivity contribution < 1.29 is 23.1 Å². The lowest BCUT2D eigenvalue weighted by atomic mass is 10.1. The Kier molecular flexibility index (Phi) is 5.00. The number of hydrogen-bond acceptors (Lipinski definition) is 5. The van der Waals surface area contributed by atoms with Gasteiger partial charge < -0.3 is 18.3 Å². The molecule has 132 valence electrons. The van der Waals surface area contributed by atoms with Crippen molar-refractivity contribution in [3.8, 4) is 0 Å². The van der Waals surface area contributed by atoms with Crippen LogP contribution in [-0.2, 0) is 23.1 Å². The maximum absolute atomic E-state index is 11.7. The normalized spacial score (nSPS) is 30.3. The van der Waals surface area contributed by atoms with Gasteiger partial charge in [-0.1, -0.05) is 48.5 Å². The van der Waals surface area contributed by atoms with Crippen molar-refractivity contribution >= 4 is 14.5 Å². The monoisotopic (exact) mass is 342 g/mol. The number of fused-ring (bicyclic) bond motifs is 1. The van der Waals surface area contributed by atoms with Crippen LogP contribution in [-0.4, -0.2) is 39.4 Å². The second-order valence-electron chi connectivity index (χ2n) is 8.32. The zero-order valence-electron chi connectivity index (χ0n) is 15.3. The third kappa shape index (κ3) is 3.34. The lowest BCUT2D eigenvalue weighted by Gasteiger charge is -2.55. The molecule has 0 spiro atoms. The molecule has 2 heterocycles. The molecule has 5 nitrogen and oxygen atoms in total. The van der Waals surface area contributed by atoms with Gasteiger partial charge in [-0.05, 0) is 6.08 Å². The van der Waals surface area contributed by atoms with Crippen LogP contribution >= 0.6 is 0 Å². The highest BCUT2D eigenvalue weighted by Crippen LogP contribution is 2.54. The van der Waals surface area contributed by atoms with Gasteiger partial charge in [0.25, 0.3) is 0 Å². The molecule has 0 aromatic carbocycles. The van der Waals surface area contributed by atoms with E-state index >= 15 is 0 Å². The van der Waals surface area contributed by atoms with E-state index in [1.165, 1.54) is 0 Å². The summed E-state index contributed by atoms with van der Waals surface area (Å²) in [5.74, 6) is -0.228. The Hall–Kier alpha value is -0.853. The Morgan fingerprint density at radius 2 is 1.83 bits per heavy atom. The molecule has 1 saturated heterocycles. The Morgan fingerprint density at radius 1 is 1.22 bits per heavy atom. The molecule has 0 amide bonds. The molecule has 0 unspecified atom stereocenters. The van der Waals surface area contributed by atoms with Gasteiger partial charge in [-0.25, -0.2) is 0 Å². The SMILES string of the molecule is CCC(=O)O[C@@H]1C=CO[C@@H]2CO[Si](C(C)(C)C)(C(C)(C)C)O[C@H]12. The van der Waals surface area contributed by atoms with Crippen molar-refractivity contribution in [2.24, 2.45) is 0 Å². The molecular formula is C17H30O5Si. The lowest BCUT2D eigenvalue weighted by molar-refractivity contribution is -0.166. The highest BCUT2D eigenvalue weighted by molar-refractivity contribution is 6.73. The molecule has 23 heavy (non-hydrogen) atoms.